The van der Waals surface area contributed by atoms with E-state index in [9.17, 15) is 19.3 Å². The van der Waals surface area contributed by atoms with Crippen LogP contribution in [0, 0.1) is 29.8 Å². The topological polar surface area (TPSA) is 69.4 Å². The van der Waals surface area contributed by atoms with Crippen LogP contribution in [0.15, 0.2) is 36.4 Å². The van der Waals surface area contributed by atoms with E-state index in [1.54, 1.807) is 13.0 Å². The molecular formula is C16H14FNO4. The highest BCUT2D eigenvalue weighted by atomic mass is 19.1. The third-order valence-corrected chi connectivity index (χ3v) is 3.17. The van der Waals surface area contributed by atoms with Crippen LogP contribution >= 0.6 is 0 Å². The van der Waals surface area contributed by atoms with Crippen LogP contribution in [0.4, 0.5) is 10.1 Å². The fraction of sp³-hybridized carbons (Fsp3) is 0.188. The zero-order valence-electron chi connectivity index (χ0n) is 12.1. The molecule has 0 aromatic heterocycles. The zero-order chi connectivity index (χ0) is 16.3. The number of rotatable bonds is 5. The number of carbonyl (C=O) groups is 1. The molecule has 0 atom stereocenters. The van der Waals surface area contributed by atoms with Gasteiger partial charge in [0.2, 0.25) is 0 Å². The number of ether oxygens (including phenoxy) is 1. The van der Waals surface area contributed by atoms with Crippen molar-refractivity contribution in [2.45, 2.75) is 13.8 Å². The van der Waals surface area contributed by atoms with Crippen LogP contribution in [-0.4, -0.2) is 17.3 Å². The highest BCUT2D eigenvalue weighted by molar-refractivity contribution is 5.98. The molecule has 6 heteroatoms. The summed E-state index contributed by atoms with van der Waals surface area (Å²) < 4.78 is 18.3. The van der Waals surface area contributed by atoms with Crippen molar-refractivity contribution >= 4 is 11.5 Å². The number of hydrogen-bond donors (Lipinski definition) is 0. The zero-order valence-corrected chi connectivity index (χ0v) is 12.1. The summed E-state index contributed by atoms with van der Waals surface area (Å²) in [5.74, 6) is -1.25. The van der Waals surface area contributed by atoms with E-state index < -0.39 is 17.3 Å². The largest absolute Gasteiger partial charge is 0.478 e. The second-order valence-corrected chi connectivity index (χ2v) is 4.90. The first kappa shape index (κ1) is 15.6. The summed E-state index contributed by atoms with van der Waals surface area (Å²) in [5, 5.41) is 10.9. The third kappa shape index (κ3) is 3.46. The number of aryl methyl sites for hydroxylation is 2. The minimum atomic E-state index is -0.683. The SMILES string of the molecule is Cc1ccc(C)c(C(=O)COc2cc(F)ccc2[N+](=O)[O-])c1. The first-order chi connectivity index (χ1) is 10.4. The fourth-order valence-electron chi connectivity index (χ4n) is 2.01. The Morgan fingerprint density at radius 3 is 2.64 bits per heavy atom. The molecule has 22 heavy (non-hydrogen) atoms. The van der Waals surface area contributed by atoms with Gasteiger partial charge in [-0.2, -0.15) is 0 Å². The predicted octanol–water partition coefficient (Wildman–Crippen LogP) is 3.61. The molecule has 0 bridgehead atoms. The van der Waals surface area contributed by atoms with E-state index in [4.69, 9.17) is 4.74 Å². The van der Waals surface area contributed by atoms with Gasteiger partial charge in [-0.05, 0) is 31.5 Å². The summed E-state index contributed by atoms with van der Waals surface area (Å²) in [7, 11) is 0. The van der Waals surface area contributed by atoms with Crippen LogP contribution in [0.1, 0.15) is 21.5 Å². The molecule has 0 aliphatic heterocycles. The summed E-state index contributed by atoms with van der Waals surface area (Å²) in [6.45, 7) is 3.25. The molecule has 2 aromatic carbocycles. The van der Waals surface area contributed by atoms with Gasteiger partial charge < -0.3 is 4.74 Å². The van der Waals surface area contributed by atoms with E-state index >= 15 is 0 Å². The monoisotopic (exact) mass is 303 g/mol. The lowest BCUT2D eigenvalue weighted by molar-refractivity contribution is -0.385. The highest BCUT2D eigenvalue weighted by Crippen LogP contribution is 2.27. The Bertz CT molecular complexity index is 743. The van der Waals surface area contributed by atoms with Gasteiger partial charge in [-0.1, -0.05) is 17.7 Å². The Labute approximate surface area is 126 Å². The van der Waals surface area contributed by atoms with E-state index in [-0.39, 0.29) is 17.2 Å². The molecule has 0 amide bonds. The molecule has 2 aromatic rings. The van der Waals surface area contributed by atoms with Crippen molar-refractivity contribution in [3.05, 3.63) is 69.0 Å². The van der Waals surface area contributed by atoms with E-state index in [0.717, 1.165) is 29.3 Å². The number of carbonyl (C=O) groups excluding carboxylic acids is 1. The average Bonchev–Trinajstić information content (AvgIpc) is 2.47. The third-order valence-electron chi connectivity index (χ3n) is 3.17. The second-order valence-electron chi connectivity index (χ2n) is 4.90. The second kappa shape index (κ2) is 6.34. The van der Waals surface area contributed by atoms with E-state index in [1.165, 1.54) is 0 Å². The molecule has 0 N–H and O–H groups in total. The molecule has 0 saturated carbocycles. The van der Waals surface area contributed by atoms with Gasteiger partial charge in [0.15, 0.2) is 18.1 Å². The highest BCUT2D eigenvalue weighted by Gasteiger charge is 2.18. The fourth-order valence-corrected chi connectivity index (χ4v) is 2.01. The molecule has 0 aliphatic carbocycles. The van der Waals surface area contributed by atoms with Gasteiger partial charge in [-0.15, -0.1) is 0 Å². The van der Waals surface area contributed by atoms with Crippen molar-refractivity contribution in [2.75, 3.05) is 6.61 Å². The Hall–Kier alpha value is -2.76. The number of ketones is 1. The van der Waals surface area contributed by atoms with Crippen molar-refractivity contribution in [1.29, 1.82) is 0 Å². The van der Waals surface area contributed by atoms with Gasteiger partial charge in [-0.25, -0.2) is 4.39 Å². The standard InChI is InChI=1S/C16H14FNO4/c1-10-3-4-11(2)13(7-10)15(19)9-22-16-8-12(17)5-6-14(16)18(20)21/h3-8H,9H2,1-2H3. The lowest BCUT2D eigenvalue weighted by atomic mass is 10.0. The van der Waals surface area contributed by atoms with E-state index in [2.05, 4.69) is 0 Å². The molecular weight excluding hydrogens is 289 g/mol. The normalized spacial score (nSPS) is 10.3. The van der Waals surface area contributed by atoms with Crippen LogP contribution < -0.4 is 4.74 Å². The van der Waals surface area contributed by atoms with Crippen LogP contribution in [0.25, 0.3) is 0 Å². The molecule has 0 fully saturated rings. The van der Waals surface area contributed by atoms with Gasteiger partial charge in [0.05, 0.1) is 4.92 Å². The molecule has 0 unspecified atom stereocenters. The maximum absolute atomic E-state index is 13.2. The first-order valence-corrected chi connectivity index (χ1v) is 6.55. The molecule has 114 valence electrons. The summed E-state index contributed by atoms with van der Waals surface area (Å²) in [6.07, 6.45) is 0. The van der Waals surface area contributed by atoms with Gasteiger partial charge in [0.1, 0.15) is 5.82 Å². The smallest absolute Gasteiger partial charge is 0.311 e. The molecule has 2 rings (SSSR count). The molecule has 5 nitrogen and oxygen atoms in total. The Kier molecular flexibility index (Phi) is 4.50. The van der Waals surface area contributed by atoms with Gasteiger partial charge in [0.25, 0.3) is 0 Å². The van der Waals surface area contributed by atoms with Crippen molar-refractivity contribution < 1.29 is 18.8 Å². The minimum Gasteiger partial charge on any atom is -0.478 e. The van der Waals surface area contributed by atoms with Crippen molar-refractivity contribution in [1.82, 2.24) is 0 Å². The number of halogens is 1. The summed E-state index contributed by atoms with van der Waals surface area (Å²) >= 11 is 0. The number of Topliss-reactive ketones (excluding diaryl/α,β-unsaturated/α-hetero) is 1. The number of benzene rings is 2. The maximum Gasteiger partial charge on any atom is 0.311 e. The summed E-state index contributed by atoms with van der Waals surface area (Å²) in [4.78, 5) is 22.3. The Morgan fingerprint density at radius 2 is 1.95 bits per heavy atom. The Balaban J connectivity index is 2.19. The van der Waals surface area contributed by atoms with Crippen LogP contribution in [0.3, 0.4) is 0 Å². The molecule has 0 saturated heterocycles. The van der Waals surface area contributed by atoms with Gasteiger partial charge in [-0.3, -0.25) is 14.9 Å². The number of hydrogen-bond acceptors (Lipinski definition) is 4. The molecule has 0 aliphatic rings. The van der Waals surface area contributed by atoms with Crippen molar-refractivity contribution in [3.8, 4) is 5.75 Å². The molecule has 0 spiro atoms. The average molecular weight is 303 g/mol. The quantitative estimate of drug-likeness (QED) is 0.480. The van der Waals surface area contributed by atoms with Crippen molar-refractivity contribution in [2.24, 2.45) is 0 Å². The summed E-state index contributed by atoms with van der Waals surface area (Å²) in [6, 6.07) is 8.29. The van der Waals surface area contributed by atoms with Crippen LogP contribution in [-0.2, 0) is 0 Å². The van der Waals surface area contributed by atoms with E-state index in [1.807, 2.05) is 19.1 Å². The lowest BCUT2D eigenvalue weighted by Gasteiger charge is -2.08. The van der Waals surface area contributed by atoms with E-state index in [0.29, 0.717) is 5.56 Å². The molecule has 0 radical (unpaired) electrons. The lowest BCUT2D eigenvalue weighted by Crippen LogP contribution is -2.14. The minimum absolute atomic E-state index is 0.261. The van der Waals surface area contributed by atoms with Gasteiger partial charge >= 0.3 is 5.69 Å². The predicted molar refractivity (Wildman–Crippen MR) is 78.8 cm³/mol. The molecule has 0 heterocycles. The first-order valence-electron chi connectivity index (χ1n) is 6.55. The maximum atomic E-state index is 13.2. The summed E-state index contributed by atoms with van der Waals surface area (Å²) in [5.41, 5.74) is 1.81. The van der Waals surface area contributed by atoms with Crippen molar-refractivity contribution in [3.63, 3.8) is 0 Å². The van der Waals surface area contributed by atoms with Crippen LogP contribution in [0.2, 0.25) is 0 Å². The number of nitro groups is 1. The number of nitro benzene ring substituents is 1. The van der Waals surface area contributed by atoms with Gasteiger partial charge in [0, 0.05) is 17.7 Å². The Morgan fingerprint density at radius 1 is 1.23 bits per heavy atom. The van der Waals surface area contributed by atoms with Crippen LogP contribution in [0.5, 0.6) is 5.75 Å². The number of nitrogens with zero attached hydrogens (tertiary/aromatic N) is 1.